The lowest BCUT2D eigenvalue weighted by Gasteiger charge is -2.21. The van der Waals surface area contributed by atoms with E-state index in [4.69, 9.17) is 0 Å². The van der Waals surface area contributed by atoms with E-state index in [1.165, 1.54) is 25.2 Å². The molecule has 1 aliphatic rings. The Balaban J connectivity index is 2.43. The highest BCUT2D eigenvalue weighted by Crippen LogP contribution is 2.22. The van der Waals surface area contributed by atoms with Gasteiger partial charge in [0.15, 0.2) is 0 Å². The number of hydrogen-bond donors (Lipinski definition) is 0. The summed E-state index contributed by atoms with van der Waals surface area (Å²) in [4.78, 5) is 4.49. The second-order valence-electron chi connectivity index (χ2n) is 3.63. The fraction of sp³-hybridized carbons (Fsp3) is 0.778. The molecule has 1 atom stereocenters. The highest BCUT2D eigenvalue weighted by Gasteiger charge is 2.22. The normalized spacial score (nSPS) is 25.5. The van der Waals surface area contributed by atoms with Crippen LogP contribution in [0.15, 0.2) is 12.3 Å². The van der Waals surface area contributed by atoms with Crippen LogP contribution in [0, 0.1) is 5.92 Å². The third kappa shape index (κ3) is 1.96. The zero-order chi connectivity index (χ0) is 8.43. The topological polar surface area (TPSA) is 6.48 Å². The Labute approximate surface area is 69.5 Å². The van der Waals surface area contributed by atoms with Gasteiger partial charge in [-0.3, -0.25) is 0 Å². The highest BCUT2D eigenvalue weighted by molar-refractivity contribution is 5.01. The number of hydrogen-bond acceptors (Lipinski definition) is 2. The molecule has 0 spiro atoms. The first-order valence-electron chi connectivity index (χ1n) is 4.16. The third-order valence-electron chi connectivity index (χ3n) is 2.44. The lowest BCUT2D eigenvalue weighted by atomic mass is 10.1. The van der Waals surface area contributed by atoms with Crippen LogP contribution in [0.25, 0.3) is 0 Å². The van der Waals surface area contributed by atoms with Crippen molar-refractivity contribution in [2.45, 2.75) is 6.42 Å². The van der Waals surface area contributed by atoms with E-state index in [0.29, 0.717) is 5.92 Å². The van der Waals surface area contributed by atoms with E-state index < -0.39 is 0 Å². The van der Waals surface area contributed by atoms with Crippen LogP contribution in [-0.2, 0) is 0 Å². The van der Waals surface area contributed by atoms with Crippen LogP contribution in [0.2, 0.25) is 0 Å². The maximum absolute atomic E-state index is 4.07. The summed E-state index contributed by atoms with van der Waals surface area (Å²) in [7, 11) is 6.31. The predicted molar refractivity (Wildman–Crippen MR) is 48.4 cm³/mol. The minimum Gasteiger partial charge on any atom is -0.381 e. The first-order chi connectivity index (χ1) is 5.11. The van der Waals surface area contributed by atoms with Crippen molar-refractivity contribution in [3.8, 4) is 0 Å². The van der Waals surface area contributed by atoms with Crippen molar-refractivity contribution in [1.82, 2.24) is 9.80 Å². The lowest BCUT2D eigenvalue weighted by Crippen LogP contribution is -2.21. The largest absolute Gasteiger partial charge is 0.381 e. The smallest absolute Gasteiger partial charge is 0.0122 e. The quantitative estimate of drug-likeness (QED) is 0.586. The lowest BCUT2D eigenvalue weighted by molar-refractivity contribution is 0.378. The van der Waals surface area contributed by atoms with Crippen LogP contribution in [0.4, 0.5) is 0 Å². The molecule has 11 heavy (non-hydrogen) atoms. The van der Waals surface area contributed by atoms with Crippen LogP contribution in [-0.4, -0.2) is 44.0 Å². The third-order valence-corrected chi connectivity index (χ3v) is 2.44. The molecule has 0 radical (unpaired) electrons. The molecule has 1 heterocycles. The standard InChI is InChI=1S/C9H18N2/c1-8(10(2)3)9-5-6-11(4)7-9/h9H,1,5-7H2,2-4H3/t9-/m0/s1. The van der Waals surface area contributed by atoms with Gasteiger partial charge in [-0.2, -0.15) is 0 Å². The van der Waals surface area contributed by atoms with E-state index in [2.05, 4.69) is 37.5 Å². The molecule has 64 valence electrons. The molecule has 0 N–H and O–H groups in total. The fourth-order valence-electron chi connectivity index (χ4n) is 1.57. The van der Waals surface area contributed by atoms with Gasteiger partial charge in [0.25, 0.3) is 0 Å². The van der Waals surface area contributed by atoms with E-state index in [1.54, 1.807) is 0 Å². The minimum absolute atomic E-state index is 0.690. The van der Waals surface area contributed by atoms with Gasteiger partial charge in [-0.05, 0) is 20.0 Å². The summed E-state index contributed by atoms with van der Waals surface area (Å²) in [5, 5.41) is 0. The molecule has 1 aliphatic heterocycles. The number of nitrogens with zero attached hydrogens (tertiary/aromatic N) is 2. The van der Waals surface area contributed by atoms with E-state index >= 15 is 0 Å². The van der Waals surface area contributed by atoms with Gasteiger partial charge < -0.3 is 9.80 Å². The summed E-state index contributed by atoms with van der Waals surface area (Å²) in [5.74, 6) is 0.690. The number of rotatable bonds is 2. The van der Waals surface area contributed by atoms with Crippen molar-refractivity contribution >= 4 is 0 Å². The van der Waals surface area contributed by atoms with Crippen LogP contribution in [0.3, 0.4) is 0 Å². The molecule has 2 nitrogen and oxygen atoms in total. The molecule has 0 aromatic heterocycles. The van der Waals surface area contributed by atoms with Gasteiger partial charge in [-0.1, -0.05) is 6.58 Å². The van der Waals surface area contributed by atoms with Gasteiger partial charge in [-0.15, -0.1) is 0 Å². The van der Waals surface area contributed by atoms with E-state index in [-0.39, 0.29) is 0 Å². The summed E-state index contributed by atoms with van der Waals surface area (Å²) in [6.45, 7) is 6.47. The first kappa shape index (κ1) is 8.60. The van der Waals surface area contributed by atoms with E-state index in [0.717, 1.165) is 0 Å². The van der Waals surface area contributed by atoms with Crippen molar-refractivity contribution in [3.63, 3.8) is 0 Å². The van der Waals surface area contributed by atoms with Crippen LogP contribution in [0.5, 0.6) is 0 Å². The Morgan fingerprint density at radius 3 is 2.55 bits per heavy atom. The molecule has 1 rings (SSSR count). The summed E-state index contributed by atoms with van der Waals surface area (Å²) >= 11 is 0. The fourth-order valence-corrected chi connectivity index (χ4v) is 1.57. The molecule has 0 aromatic rings. The summed E-state index contributed by atoms with van der Waals surface area (Å²) in [6, 6.07) is 0. The Hall–Kier alpha value is -0.500. The zero-order valence-corrected chi connectivity index (χ0v) is 7.80. The predicted octanol–water partition coefficient (Wildman–Crippen LogP) is 1.01. The average Bonchev–Trinajstić information content (AvgIpc) is 2.34. The maximum atomic E-state index is 4.07. The molecule has 0 amide bonds. The van der Waals surface area contributed by atoms with Gasteiger partial charge in [0, 0.05) is 32.3 Å². The van der Waals surface area contributed by atoms with E-state index in [9.17, 15) is 0 Å². The van der Waals surface area contributed by atoms with Crippen molar-refractivity contribution in [1.29, 1.82) is 0 Å². The maximum Gasteiger partial charge on any atom is 0.0122 e. The molecular formula is C9H18N2. The highest BCUT2D eigenvalue weighted by atomic mass is 15.1. The van der Waals surface area contributed by atoms with Gasteiger partial charge in [0.1, 0.15) is 0 Å². The monoisotopic (exact) mass is 154 g/mol. The average molecular weight is 154 g/mol. The molecule has 1 saturated heterocycles. The van der Waals surface area contributed by atoms with E-state index in [1.807, 2.05) is 0 Å². The summed E-state index contributed by atoms with van der Waals surface area (Å²) in [5.41, 5.74) is 1.27. The summed E-state index contributed by atoms with van der Waals surface area (Å²) in [6.07, 6.45) is 1.27. The van der Waals surface area contributed by atoms with Gasteiger partial charge in [0.05, 0.1) is 0 Å². The minimum atomic E-state index is 0.690. The zero-order valence-electron chi connectivity index (χ0n) is 7.80. The van der Waals surface area contributed by atoms with Gasteiger partial charge in [0.2, 0.25) is 0 Å². The van der Waals surface area contributed by atoms with Crippen LogP contribution >= 0.6 is 0 Å². The molecule has 0 aromatic carbocycles. The molecule has 2 heteroatoms. The van der Waals surface area contributed by atoms with Crippen molar-refractivity contribution in [2.24, 2.45) is 5.92 Å². The Kier molecular flexibility index (Phi) is 2.55. The molecule has 0 bridgehead atoms. The molecule has 1 fully saturated rings. The molecule has 0 saturated carbocycles. The van der Waals surface area contributed by atoms with Gasteiger partial charge >= 0.3 is 0 Å². The molecular weight excluding hydrogens is 136 g/mol. The number of likely N-dealkylation sites (tertiary alicyclic amines) is 1. The van der Waals surface area contributed by atoms with Crippen molar-refractivity contribution in [2.75, 3.05) is 34.2 Å². The van der Waals surface area contributed by atoms with Crippen molar-refractivity contribution < 1.29 is 0 Å². The second-order valence-corrected chi connectivity index (χ2v) is 3.63. The van der Waals surface area contributed by atoms with Gasteiger partial charge in [-0.25, -0.2) is 0 Å². The van der Waals surface area contributed by atoms with Crippen LogP contribution in [0.1, 0.15) is 6.42 Å². The Morgan fingerprint density at radius 2 is 2.18 bits per heavy atom. The SMILES string of the molecule is C=C([C@H]1CCN(C)C1)N(C)C. The van der Waals surface area contributed by atoms with Crippen LogP contribution < -0.4 is 0 Å². The molecule has 0 aliphatic carbocycles. The summed E-state index contributed by atoms with van der Waals surface area (Å²) < 4.78 is 0. The molecule has 0 unspecified atom stereocenters. The Bertz CT molecular complexity index is 152. The Morgan fingerprint density at radius 1 is 1.55 bits per heavy atom. The first-order valence-corrected chi connectivity index (χ1v) is 4.16. The van der Waals surface area contributed by atoms with Crippen molar-refractivity contribution in [3.05, 3.63) is 12.3 Å². The second kappa shape index (κ2) is 3.26.